The van der Waals surface area contributed by atoms with Crippen LogP contribution in [0.15, 0.2) is 57.2 Å². The van der Waals surface area contributed by atoms with E-state index in [2.05, 4.69) is 17.2 Å². The highest BCUT2D eigenvalue weighted by atomic mass is 32.2. The second kappa shape index (κ2) is 8.21. The largest absolute Gasteiger partial charge is 0.495 e. The lowest BCUT2D eigenvalue weighted by molar-refractivity contribution is 0.415. The average molecular weight is 416 g/mol. The number of benzene rings is 2. The summed E-state index contributed by atoms with van der Waals surface area (Å²) in [5.74, 6) is 6.49. The van der Waals surface area contributed by atoms with E-state index >= 15 is 0 Å². The number of hydrogen-bond donors (Lipinski definition) is 1. The van der Waals surface area contributed by atoms with Crippen molar-refractivity contribution in [3.63, 3.8) is 0 Å². The predicted molar refractivity (Wildman–Crippen MR) is 112 cm³/mol. The number of hydrogen-bond acceptors (Lipinski definition) is 5. The van der Waals surface area contributed by atoms with Gasteiger partial charge in [0.1, 0.15) is 5.75 Å². The average Bonchev–Trinajstić information content (AvgIpc) is 2.96. The standard InChI is InChI=1S/C21H21NO4S2/c1-4-16-17-8-5-6-9-21(17)27(23)20(16)10-7-13-22-18-12-11-15(28(3,24)25)14-19(18)26-2/h5-6,8-9,11-12,14,22H,4,13H2,1-3H3. The summed E-state index contributed by atoms with van der Waals surface area (Å²) in [4.78, 5) is 1.66. The minimum atomic E-state index is -3.31. The van der Waals surface area contributed by atoms with Crippen molar-refractivity contribution >= 4 is 31.9 Å². The summed E-state index contributed by atoms with van der Waals surface area (Å²) in [7, 11) is -3.07. The van der Waals surface area contributed by atoms with E-state index in [0.29, 0.717) is 22.9 Å². The molecule has 5 nitrogen and oxygen atoms in total. The molecule has 0 aromatic heterocycles. The molecule has 0 aliphatic carbocycles. The van der Waals surface area contributed by atoms with Crippen LogP contribution in [0.25, 0.3) is 5.57 Å². The third-order valence-electron chi connectivity index (χ3n) is 4.40. The van der Waals surface area contributed by atoms with Gasteiger partial charge in [0.25, 0.3) is 0 Å². The number of rotatable bonds is 5. The van der Waals surface area contributed by atoms with Crippen LogP contribution >= 0.6 is 0 Å². The van der Waals surface area contributed by atoms with Crippen LogP contribution in [0.1, 0.15) is 18.9 Å². The maximum Gasteiger partial charge on any atom is 0.175 e. The number of fused-ring (bicyclic) bond motifs is 1. The first-order valence-electron chi connectivity index (χ1n) is 8.72. The van der Waals surface area contributed by atoms with Gasteiger partial charge in [0.2, 0.25) is 0 Å². The first-order chi connectivity index (χ1) is 13.4. The second-order valence-electron chi connectivity index (χ2n) is 6.22. The topological polar surface area (TPSA) is 72.5 Å². The maximum atomic E-state index is 12.7. The number of nitrogens with one attached hydrogen (secondary N) is 1. The van der Waals surface area contributed by atoms with Gasteiger partial charge in [0.15, 0.2) is 9.84 Å². The summed E-state index contributed by atoms with van der Waals surface area (Å²) < 4.78 is 41.3. The van der Waals surface area contributed by atoms with E-state index in [1.807, 2.05) is 31.2 Å². The fourth-order valence-corrected chi connectivity index (χ4v) is 5.10. The molecule has 3 rings (SSSR count). The van der Waals surface area contributed by atoms with Crippen molar-refractivity contribution in [2.75, 3.05) is 25.2 Å². The van der Waals surface area contributed by atoms with Crippen LogP contribution < -0.4 is 10.1 Å². The molecule has 1 atom stereocenters. The quantitative estimate of drug-likeness (QED) is 0.757. The zero-order valence-electron chi connectivity index (χ0n) is 15.9. The summed E-state index contributed by atoms with van der Waals surface area (Å²) in [6.07, 6.45) is 1.92. The third-order valence-corrected chi connectivity index (χ3v) is 6.98. The molecule has 1 aliphatic heterocycles. The Labute approximate surface area is 168 Å². The van der Waals surface area contributed by atoms with Crippen molar-refractivity contribution in [1.29, 1.82) is 0 Å². The summed E-state index contributed by atoms with van der Waals surface area (Å²) in [5, 5.41) is 3.12. The summed E-state index contributed by atoms with van der Waals surface area (Å²) in [5.41, 5.74) is 2.68. The minimum absolute atomic E-state index is 0.192. The Morgan fingerprint density at radius 2 is 1.93 bits per heavy atom. The fraction of sp³-hybridized carbons (Fsp3) is 0.238. The molecule has 0 bridgehead atoms. The summed E-state index contributed by atoms with van der Waals surface area (Å²) in [6, 6.07) is 12.3. The Morgan fingerprint density at radius 3 is 2.61 bits per heavy atom. The van der Waals surface area contributed by atoms with Gasteiger partial charge in [0.05, 0.1) is 44.8 Å². The molecule has 0 radical (unpaired) electrons. The molecule has 0 spiro atoms. The minimum Gasteiger partial charge on any atom is -0.495 e. The van der Waals surface area contributed by atoms with Gasteiger partial charge in [-0.3, -0.25) is 0 Å². The molecule has 28 heavy (non-hydrogen) atoms. The van der Waals surface area contributed by atoms with Gasteiger partial charge in [0, 0.05) is 12.3 Å². The van der Waals surface area contributed by atoms with Crippen LogP contribution in [-0.2, 0) is 20.6 Å². The maximum absolute atomic E-state index is 12.7. The summed E-state index contributed by atoms with van der Waals surface area (Å²) >= 11 is 0. The van der Waals surface area contributed by atoms with E-state index < -0.39 is 20.6 Å². The van der Waals surface area contributed by atoms with Gasteiger partial charge in [-0.25, -0.2) is 12.6 Å². The van der Waals surface area contributed by atoms with Crippen molar-refractivity contribution < 1.29 is 17.4 Å². The second-order valence-corrected chi connectivity index (χ2v) is 9.62. The van der Waals surface area contributed by atoms with Crippen molar-refractivity contribution in [3.05, 3.63) is 52.9 Å². The lowest BCUT2D eigenvalue weighted by Gasteiger charge is -2.10. The number of anilines is 1. The SMILES string of the molecule is CCC1=C(C#CCNc2ccc(S(C)(=O)=O)cc2OC)S(=O)c2ccccc21. The van der Waals surface area contributed by atoms with E-state index in [9.17, 15) is 12.6 Å². The van der Waals surface area contributed by atoms with Crippen LogP contribution in [0.4, 0.5) is 5.69 Å². The van der Waals surface area contributed by atoms with Crippen LogP contribution in [0.3, 0.4) is 0 Å². The number of sulfone groups is 1. The lowest BCUT2D eigenvalue weighted by Crippen LogP contribution is -2.03. The van der Waals surface area contributed by atoms with Gasteiger partial charge in [-0.05, 0) is 35.8 Å². The van der Waals surface area contributed by atoms with E-state index in [1.54, 1.807) is 6.07 Å². The molecule has 7 heteroatoms. The first kappa shape index (κ1) is 20.2. The van der Waals surface area contributed by atoms with E-state index in [4.69, 9.17) is 4.74 Å². The van der Waals surface area contributed by atoms with Crippen LogP contribution in [-0.4, -0.2) is 32.5 Å². The smallest absolute Gasteiger partial charge is 0.175 e. The first-order valence-corrected chi connectivity index (χ1v) is 11.8. The van der Waals surface area contributed by atoms with Gasteiger partial charge >= 0.3 is 0 Å². The molecule has 1 N–H and O–H groups in total. The highest BCUT2D eigenvalue weighted by molar-refractivity contribution is 7.90. The molecular weight excluding hydrogens is 394 g/mol. The Hall–Kier alpha value is -2.56. The van der Waals surface area contributed by atoms with Gasteiger partial charge < -0.3 is 10.1 Å². The van der Waals surface area contributed by atoms with E-state index in [0.717, 1.165) is 28.7 Å². The molecular formula is C21H21NO4S2. The van der Waals surface area contributed by atoms with Crippen LogP contribution in [0.5, 0.6) is 5.75 Å². The molecule has 2 aromatic rings. The Bertz CT molecular complexity index is 1140. The number of ether oxygens (including phenoxy) is 1. The number of methoxy groups -OCH3 is 1. The van der Waals surface area contributed by atoms with Gasteiger partial charge in [-0.2, -0.15) is 0 Å². The predicted octanol–water partition coefficient (Wildman–Crippen LogP) is 3.46. The van der Waals surface area contributed by atoms with Crippen LogP contribution in [0.2, 0.25) is 0 Å². The fourth-order valence-electron chi connectivity index (χ4n) is 3.01. The third kappa shape index (κ3) is 3.98. The van der Waals surface area contributed by atoms with Crippen molar-refractivity contribution in [1.82, 2.24) is 0 Å². The van der Waals surface area contributed by atoms with E-state index in [-0.39, 0.29) is 4.90 Å². The van der Waals surface area contributed by atoms with Crippen molar-refractivity contribution in [2.24, 2.45) is 0 Å². The highest BCUT2D eigenvalue weighted by Gasteiger charge is 2.25. The molecule has 0 saturated heterocycles. The molecule has 1 aliphatic rings. The molecule has 1 unspecified atom stereocenters. The molecule has 0 fully saturated rings. The summed E-state index contributed by atoms with van der Waals surface area (Å²) in [6.45, 7) is 2.34. The Kier molecular flexibility index (Phi) is 5.92. The molecule has 146 valence electrons. The van der Waals surface area contributed by atoms with Crippen molar-refractivity contribution in [3.8, 4) is 17.6 Å². The Morgan fingerprint density at radius 1 is 1.18 bits per heavy atom. The van der Waals surface area contributed by atoms with Crippen LogP contribution in [0, 0.1) is 11.8 Å². The molecule has 0 amide bonds. The monoisotopic (exact) mass is 415 g/mol. The zero-order valence-corrected chi connectivity index (χ0v) is 17.5. The van der Waals surface area contributed by atoms with E-state index in [1.165, 1.54) is 19.2 Å². The van der Waals surface area contributed by atoms with Crippen molar-refractivity contribution in [2.45, 2.75) is 23.1 Å². The molecule has 2 aromatic carbocycles. The number of allylic oxidation sites excluding steroid dienone is 2. The molecule has 0 saturated carbocycles. The Balaban J connectivity index is 1.79. The zero-order chi connectivity index (χ0) is 20.3. The normalized spacial score (nSPS) is 15.6. The lowest BCUT2D eigenvalue weighted by atomic mass is 10.0. The van der Waals surface area contributed by atoms with Gasteiger partial charge in [-0.15, -0.1) is 0 Å². The van der Waals surface area contributed by atoms with Gasteiger partial charge in [-0.1, -0.05) is 37.0 Å². The molecule has 1 heterocycles. The highest BCUT2D eigenvalue weighted by Crippen LogP contribution is 2.37.